The molecule has 6 rings (SSSR count). The fourth-order valence-electron chi connectivity index (χ4n) is 5.04. The molecule has 4 aromatic rings. The molecule has 0 unspecified atom stereocenters. The highest BCUT2D eigenvalue weighted by Gasteiger charge is 2.32. The molecule has 1 aliphatic heterocycles. The van der Waals surface area contributed by atoms with E-state index in [9.17, 15) is 0 Å². The van der Waals surface area contributed by atoms with Gasteiger partial charge in [-0.3, -0.25) is 4.90 Å². The van der Waals surface area contributed by atoms with Gasteiger partial charge in [0.15, 0.2) is 0 Å². The number of thiazole rings is 1. The first-order chi connectivity index (χ1) is 13.3. The van der Waals surface area contributed by atoms with Gasteiger partial charge in [0.05, 0.1) is 15.2 Å². The monoisotopic (exact) mass is 373 g/mol. The second-order valence-electron chi connectivity index (χ2n) is 8.02. The number of aromatic amines is 1. The van der Waals surface area contributed by atoms with E-state index in [4.69, 9.17) is 4.98 Å². The standard InChI is InChI=1S/C23H23N3S/c1-2-6-19-17(5-1)18-13-16(14-21(18)24-19)26-11-9-15(10-12-26)23-25-20-7-3-4-8-22(20)27-23/h1-8,15-16,24H,9-14H2/t16-/m1/s1. The summed E-state index contributed by atoms with van der Waals surface area (Å²) in [7, 11) is 0. The summed E-state index contributed by atoms with van der Waals surface area (Å²) in [5.41, 5.74) is 5.50. The number of benzene rings is 2. The lowest BCUT2D eigenvalue weighted by Gasteiger charge is -2.35. The summed E-state index contributed by atoms with van der Waals surface area (Å²) in [6.45, 7) is 2.40. The number of para-hydroxylation sites is 2. The Labute approximate surface area is 163 Å². The summed E-state index contributed by atoms with van der Waals surface area (Å²) < 4.78 is 1.33. The molecule has 3 heterocycles. The first-order valence-corrected chi connectivity index (χ1v) is 10.8. The van der Waals surface area contributed by atoms with Crippen LogP contribution in [0.2, 0.25) is 0 Å². The molecule has 0 radical (unpaired) electrons. The summed E-state index contributed by atoms with van der Waals surface area (Å²) in [5, 5.41) is 2.78. The van der Waals surface area contributed by atoms with Gasteiger partial charge in [-0.25, -0.2) is 4.98 Å². The molecule has 0 bridgehead atoms. The summed E-state index contributed by atoms with van der Waals surface area (Å²) in [4.78, 5) is 11.3. The van der Waals surface area contributed by atoms with Crippen LogP contribution in [0.15, 0.2) is 48.5 Å². The molecule has 0 spiro atoms. The van der Waals surface area contributed by atoms with Crippen molar-refractivity contribution in [3.8, 4) is 0 Å². The third-order valence-corrected chi connectivity index (χ3v) is 7.69. The molecule has 136 valence electrons. The number of hydrogen-bond donors (Lipinski definition) is 1. The smallest absolute Gasteiger partial charge is 0.0970 e. The van der Waals surface area contributed by atoms with E-state index in [1.54, 1.807) is 5.56 Å². The van der Waals surface area contributed by atoms with Gasteiger partial charge in [0, 0.05) is 35.0 Å². The van der Waals surface area contributed by atoms with E-state index in [2.05, 4.69) is 58.4 Å². The van der Waals surface area contributed by atoms with Crippen molar-refractivity contribution in [1.82, 2.24) is 14.9 Å². The van der Waals surface area contributed by atoms with Crippen molar-refractivity contribution in [2.45, 2.75) is 37.6 Å². The lowest BCUT2D eigenvalue weighted by Crippen LogP contribution is -2.41. The quantitative estimate of drug-likeness (QED) is 0.528. The Balaban J connectivity index is 1.16. The van der Waals surface area contributed by atoms with Gasteiger partial charge in [-0.2, -0.15) is 0 Å². The normalized spacial score (nSPS) is 21.3. The predicted octanol–water partition coefficient (Wildman–Crippen LogP) is 5.12. The third-order valence-electron chi connectivity index (χ3n) is 6.49. The van der Waals surface area contributed by atoms with Crippen LogP contribution in [-0.4, -0.2) is 34.0 Å². The van der Waals surface area contributed by atoms with Crippen molar-refractivity contribution in [1.29, 1.82) is 0 Å². The van der Waals surface area contributed by atoms with Gasteiger partial charge in [0.25, 0.3) is 0 Å². The van der Waals surface area contributed by atoms with Crippen molar-refractivity contribution < 1.29 is 0 Å². The molecule has 2 aromatic carbocycles. The van der Waals surface area contributed by atoms with E-state index < -0.39 is 0 Å². The van der Waals surface area contributed by atoms with Crippen LogP contribution in [0.25, 0.3) is 21.1 Å². The highest BCUT2D eigenvalue weighted by molar-refractivity contribution is 7.18. The molecule has 1 atom stereocenters. The number of rotatable bonds is 2. The maximum Gasteiger partial charge on any atom is 0.0970 e. The highest BCUT2D eigenvalue weighted by Crippen LogP contribution is 2.37. The zero-order valence-electron chi connectivity index (χ0n) is 15.3. The molecule has 0 saturated carbocycles. The summed E-state index contributed by atoms with van der Waals surface area (Å²) >= 11 is 1.90. The maximum atomic E-state index is 4.91. The molecule has 3 nitrogen and oxygen atoms in total. The van der Waals surface area contributed by atoms with Crippen molar-refractivity contribution in [2.75, 3.05) is 13.1 Å². The number of fused-ring (bicyclic) bond motifs is 4. The Morgan fingerprint density at radius 1 is 0.963 bits per heavy atom. The van der Waals surface area contributed by atoms with Crippen LogP contribution in [0, 0.1) is 0 Å². The Bertz CT molecular complexity index is 1080. The van der Waals surface area contributed by atoms with Gasteiger partial charge in [-0.1, -0.05) is 30.3 Å². The zero-order chi connectivity index (χ0) is 17.8. The topological polar surface area (TPSA) is 31.9 Å². The van der Waals surface area contributed by atoms with E-state index in [1.807, 2.05) is 11.3 Å². The lowest BCUT2D eigenvalue weighted by atomic mass is 9.95. The molecule has 2 aromatic heterocycles. The number of nitrogens with one attached hydrogen (secondary N) is 1. The zero-order valence-corrected chi connectivity index (χ0v) is 16.1. The van der Waals surface area contributed by atoms with Crippen molar-refractivity contribution >= 4 is 32.5 Å². The molecule has 1 aliphatic carbocycles. The summed E-state index contributed by atoms with van der Waals surface area (Å²) in [6, 6.07) is 18.0. The van der Waals surface area contributed by atoms with Crippen LogP contribution in [0.4, 0.5) is 0 Å². The van der Waals surface area contributed by atoms with Crippen LogP contribution in [0.1, 0.15) is 35.0 Å². The van der Waals surface area contributed by atoms with Gasteiger partial charge in [0.1, 0.15) is 0 Å². The molecular weight excluding hydrogens is 350 g/mol. The predicted molar refractivity (Wildman–Crippen MR) is 113 cm³/mol. The second kappa shape index (κ2) is 6.18. The lowest BCUT2D eigenvalue weighted by molar-refractivity contribution is 0.156. The van der Waals surface area contributed by atoms with E-state index in [0.717, 1.165) is 0 Å². The van der Waals surface area contributed by atoms with E-state index >= 15 is 0 Å². The van der Waals surface area contributed by atoms with Gasteiger partial charge in [0.2, 0.25) is 0 Å². The van der Waals surface area contributed by atoms with Gasteiger partial charge >= 0.3 is 0 Å². The number of hydrogen-bond acceptors (Lipinski definition) is 3. The van der Waals surface area contributed by atoms with Crippen molar-refractivity contribution in [2.24, 2.45) is 0 Å². The Kier molecular flexibility index (Phi) is 3.63. The van der Waals surface area contributed by atoms with Crippen LogP contribution >= 0.6 is 11.3 Å². The van der Waals surface area contributed by atoms with Gasteiger partial charge in [-0.15, -0.1) is 11.3 Å². The molecule has 1 N–H and O–H groups in total. The molecule has 0 amide bonds. The molecule has 27 heavy (non-hydrogen) atoms. The first-order valence-electron chi connectivity index (χ1n) is 10.0. The fourth-order valence-corrected chi connectivity index (χ4v) is 6.18. The highest BCUT2D eigenvalue weighted by atomic mass is 32.1. The van der Waals surface area contributed by atoms with Crippen LogP contribution in [-0.2, 0) is 12.8 Å². The third kappa shape index (κ3) is 2.62. The van der Waals surface area contributed by atoms with Crippen LogP contribution in [0.5, 0.6) is 0 Å². The number of likely N-dealkylation sites (tertiary alicyclic amines) is 1. The maximum absolute atomic E-state index is 4.91. The summed E-state index contributed by atoms with van der Waals surface area (Å²) in [5.74, 6) is 0.638. The molecule has 1 fully saturated rings. The van der Waals surface area contributed by atoms with Crippen LogP contribution in [0.3, 0.4) is 0 Å². The van der Waals surface area contributed by atoms with E-state index in [1.165, 1.54) is 70.6 Å². The molecular formula is C23H23N3S. The Morgan fingerprint density at radius 3 is 2.67 bits per heavy atom. The molecule has 1 saturated heterocycles. The average molecular weight is 374 g/mol. The SMILES string of the molecule is c1ccc2sc(C3CCN([C@H]4Cc5[nH]c6ccccc6c5C4)CC3)nc2c1. The van der Waals surface area contributed by atoms with E-state index in [0.29, 0.717) is 12.0 Å². The average Bonchev–Trinajstić information content (AvgIpc) is 3.40. The Hall–Kier alpha value is -2.17. The van der Waals surface area contributed by atoms with Crippen LogP contribution < -0.4 is 0 Å². The van der Waals surface area contributed by atoms with E-state index in [-0.39, 0.29) is 0 Å². The Morgan fingerprint density at radius 2 is 1.78 bits per heavy atom. The largest absolute Gasteiger partial charge is 0.358 e. The second-order valence-corrected chi connectivity index (χ2v) is 9.08. The number of aromatic nitrogens is 2. The van der Waals surface area contributed by atoms with Gasteiger partial charge < -0.3 is 4.98 Å². The van der Waals surface area contributed by atoms with Crippen molar-refractivity contribution in [3.63, 3.8) is 0 Å². The molecule has 2 aliphatic rings. The fraction of sp³-hybridized carbons (Fsp3) is 0.348. The van der Waals surface area contributed by atoms with Gasteiger partial charge in [-0.05, 0) is 56.1 Å². The minimum Gasteiger partial charge on any atom is -0.358 e. The molecule has 4 heteroatoms. The number of piperidine rings is 1. The summed E-state index contributed by atoms with van der Waals surface area (Å²) in [6.07, 6.45) is 4.86. The number of H-pyrrole nitrogens is 1. The minimum absolute atomic E-state index is 0.638. The van der Waals surface area contributed by atoms with Crippen molar-refractivity contribution in [3.05, 3.63) is 64.8 Å². The minimum atomic E-state index is 0.638. The number of nitrogens with zero attached hydrogens (tertiary/aromatic N) is 2. The first kappa shape index (κ1) is 15.8.